The Hall–Kier alpha value is -0.0800. The van der Waals surface area contributed by atoms with Crippen molar-refractivity contribution in [2.45, 2.75) is 51.2 Å². The van der Waals surface area contributed by atoms with Crippen molar-refractivity contribution in [2.75, 3.05) is 7.05 Å². The third-order valence-electron chi connectivity index (χ3n) is 3.13. The highest BCUT2D eigenvalue weighted by Crippen LogP contribution is 2.33. The molecule has 2 saturated heterocycles. The van der Waals surface area contributed by atoms with Gasteiger partial charge in [0.1, 0.15) is 0 Å². The predicted octanol–water partition coefficient (Wildman–Crippen LogP) is 1.21. The van der Waals surface area contributed by atoms with Gasteiger partial charge < -0.3 is 10.6 Å². The third-order valence-corrected chi connectivity index (χ3v) is 3.13. The molecule has 3 atom stereocenters. The summed E-state index contributed by atoms with van der Waals surface area (Å²) in [6, 6.07) is 2.12. The maximum absolute atomic E-state index is 5.89. The molecular formula is C9H20N2. The summed E-state index contributed by atoms with van der Waals surface area (Å²) in [6.45, 7) is 0. The molecule has 0 amide bonds. The average Bonchev–Trinajstić information content (AvgIpc) is 2.20. The van der Waals surface area contributed by atoms with E-state index in [2.05, 4.69) is 11.9 Å². The monoisotopic (exact) mass is 156 g/mol. The molecule has 2 nitrogen and oxygen atoms in total. The van der Waals surface area contributed by atoms with E-state index in [1.165, 1.54) is 25.7 Å². The molecule has 2 heteroatoms. The van der Waals surface area contributed by atoms with Gasteiger partial charge in [-0.2, -0.15) is 0 Å². The minimum Gasteiger partial charge on any atom is -0.328 e. The number of hydrogen-bond donors (Lipinski definition) is 1. The summed E-state index contributed by atoms with van der Waals surface area (Å²) in [7, 11) is 2.24. The van der Waals surface area contributed by atoms with E-state index in [9.17, 15) is 0 Å². The van der Waals surface area contributed by atoms with E-state index in [1.807, 2.05) is 0 Å². The van der Waals surface area contributed by atoms with Gasteiger partial charge in [-0.3, -0.25) is 0 Å². The molecule has 2 aliphatic heterocycles. The zero-order valence-corrected chi connectivity index (χ0v) is 6.59. The van der Waals surface area contributed by atoms with Gasteiger partial charge in [0, 0.05) is 18.1 Å². The minimum atomic E-state index is 0. The molecule has 2 fully saturated rings. The molecule has 2 aliphatic rings. The number of nitrogens with zero attached hydrogens (tertiary/aromatic N) is 1. The lowest BCUT2D eigenvalue weighted by molar-refractivity contribution is 0.163. The molecule has 1 unspecified atom stereocenters. The van der Waals surface area contributed by atoms with E-state index < -0.39 is 0 Å². The van der Waals surface area contributed by atoms with E-state index >= 15 is 0 Å². The first-order valence-electron chi connectivity index (χ1n) is 4.25. The summed E-state index contributed by atoms with van der Waals surface area (Å²) in [6.07, 6.45) is 5.23. The smallest absolute Gasteiger partial charge is 0.0110 e. The molecule has 2 heterocycles. The molecule has 2 rings (SSSR count). The normalized spacial score (nSPS) is 43.6. The van der Waals surface area contributed by atoms with Crippen LogP contribution in [0.1, 0.15) is 33.1 Å². The lowest BCUT2D eigenvalue weighted by Gasteiger charge is -2.34. The van der Waals surface area contributed by atoms with E-state index in [-0.39, 0.29) is 7.43 Å². The SMILES string of the molecule is C.CN1[C@@H]2CC[C@H]1CC(N)C2. The largest absolute Gasteiger partial charge is 0.328 e. The number of piperidine rings is 1. The van der Waals surface area contributed by atoms with Crippen LogP contribution >= 0.6 is 0 Å². The second kappa shape index (κ2) is 3.11. The van der Waals surface area contributed by atoms with E-state index in [4.69, 9.17) is 5.73 Å². The summed E-state index contributed by atoms with van der Waals surface area (Å²) in [5.74, 6) is 0. The van der Waals surface area contributed by atoms with Crippen molar-refractivity contribution in [1.29, 1.82) is 0 Å². The van der Waals surface area contributed by atoms with Crippen LogP contribution in [0.4, 0.5) is 0 Å². The van der Waals surface area contributed by atoms with E-state index in [1.54, 1.807) is 0 Å². The lowest BCUT2D eigenvalue weighted by atomic mass is 9.99. The Bertz CT molecular complexity index is 122. The van der Waals surface area contributed by atoms with Gasteiger partial charge in [0.25, 0.3) is 0 Å². The van der Waals surface area contributed by atoms with Crippen molar-refractivity contribution in [3.63, 3.8) is 0 Å². The highest BCUT2D eigenvalue weighted by molar-refractivity contribution is 4.94. The van der Waals surface area contributed by atoms with Gasteiger partial charge in [-0.15, -0.1) is 0 Å². The summed E-state index contributed by atoms with van der Waals surface area (Å²) in [5, 5.41) is 0. The minimum absolute atomic E-state index is 0. The summed E-state index contributed by atoms with van der Waals surface area (Å²) in [5.41, 5.74) is 5.89. The van der Waals surface area contributed by atoms with Gasteiger partial charge in [0.15, 0.2) is 0 Å². The average molecular weight is 156 g/mol. The Labute approximate surface area is 69.8 Å². The van der Waals surface area contributed by atoms with Gasteiger partial charge >= 0.3 is 0 Å². The van der Waals surface area contributed by atoms with Crippen LogP contribution < -0.4 is 5.73 Å². The Balaban J connectivity index is 0.000000605. The zero-order valence-electron chi connectivity index (χ0n) is 6.59. The third kappa shape index (κ3) is 1.42. The van der Waals surface area contributed by atoms with Crippen molar-refractivity contribution in [3.8, 4) is 0 Å². The molecule has 11 heavy (non-hydrogen) atoms. The fourth-order valence-electron chi connectivity index (χ4n) is 2.45. The van der Waals surface area contributed by atoms with Crippen molar-refractivity contribution in [2.24, 2.45) is 5.73 Å². The Morgan fingerprint density at radius 3 is 2.09 bits per heavy atom. The van der Waals surface area contributed by atoms with Gasteiger partial charge in [-0.05, 0) is 32.7 Å². The second-order valence-corrected chi connectivity index (χ2v) is 3.78. The first kappa shape index (κ1) is 9.01. The number of rotatable bonds is 0. The van der Waals surface area contributed by atoms with Crippen LogP contribution in [-0.4, -0.2) is 30.1 Å². The van der Waals surface area contributed by atoms with Crippen LogP contribution in [0.5, 0.6) is 0 Å². The second-order valence-electron chi connectivity index (χ2n) is 3.78. The lowest BCUT2D eigenvalue weighted by Crippen LogP contribution is -2.45. The molecular weight excluding hydrogens is 136 g/mol. The van der Waals surface area contributed by atoms with Crippen LogP contribution in [0.15, 0.2) is 0 Å². The van der Waals surface area contributed by atoms with Gasteiger partial charge in [0.2, 0.25) is 0 Å². The highest BCUT2D eigenvalue weighted by Gasteiger charge is 2.36. The highest BCUT2D eigenvalue weighted by atomic mass is 15.2. The summed E-state index contributed by atoms with van der Waals surface area (Å²) in [4.78, 5) is 2.52. The zero-order chi connectivity index (χ0) is 7.14. The van der Waals surface area contributed by atoms with Crippen LogP contribution in [0.25, 0.3) is 0 Å². The fraction of sp³-hybridized carbons (Fsp3) is 1.00. The molecule has 0 spiro atoms. The molecule has 0 aromatic heterocycles. The standard InChI is InChI=1S/C8H16N2.CH4/c1-10-7-2-3-8(10)5-6(9)4-7;/h6-8H,2-5,9H2,1H3;1H4/t6?,7-,8+;. The fourth-order valence-corrected chi connectivity index (χ4v) is 2.45. The first-order chi connectivity index (χ1) is 4.77. The number of hydrogen-bond acceptors (Lipinski definition) is 2. The summed E-state index contributed by atoms with van der Waals surface area (Å²) < 4.78 is 0. The van der Waals surface area contributed by atoms with Crippen molar-refractivity contribution >= 4 is 0 Å². The van der Waals surface area contributed by atoms with Crippen LogP contribution in [0, 0.1) is 0 Å². The van der Waals surface area contributed by atoms with Crippen LogP contribution in [0.2, 0.25) is 0 Å². The first-order valence-corrected chi connectivity index (χ1v) is 4.25. The molecule has 2 N–H and O–H groups in total. The molecule has 2 bridgehead atoms. The van der Waals surface area contributed by atoms with Gasteiger partial charge in [0.05, 0.1) is 0 Å². The van der Waals surface area contributed by atoms with E-state index in [0.29, 0.717) is 6.04 Å². The van der Waals surface area contributed by atoms with Crippen molar-refractivity contribution < 1.29 is 0 Å². The van der Waals surface area contributed by atoms with Crippen LogP contribution in [0.3, 0.4) is 0 Å². The molecule has 0 radical (unpaired) electrons. The predicted molar refractivity (Wildman–Crippen MR) is 48.5 cm³/mol. The topological polar surface area (TPSA) is 29.3 Å². The Morgan fingerprint density at radius 2 is 1.64 bits per heavy atom. The Morgan fingerprint density at radius 1 is 1.18 bits per heavy atom. The number of fused-ring (bicyclic) bond motifs is 2. The van der Waals surface area contributed by atoms with Crippen molar-refractivity contribution in [3.05, 3.63) is 0 Å². The van der Waals surface area contributed by atoms with Gasteiger partial charge in [-0.1, -0.05) is 7.43 Å². The molecule has 66 valence electrons. The molecule has 0 saturated carbocycles. The maximum atomic E-state index is 5.89. The quantitative estimate of drug-likeness (QED) is 0.571. The molecule has 0 aliphatic carbocycles. The van der Waals surface area contributed by atoms with E-state index in [0.717, 1.165) is 12.1 Å². The van der Waals surface area contributed by atoms with Crippen LogP contribution in [-0.2, 0) is 0 Å². The maximum Gasteiger partial charge on any atom is 0.0110 e. The van der Waals surface area contributed by atoms with Gasteiger partial charge in [-0.25, -0.2) is 0 Å². The van der Waals surface area contributed by atoms with Crippen molar-refractivity contribution in [1.82, 2.24) is 4.90 Å². The molecule has 0 aromatic rings. The molecule has 0 aromatic carbocycles. The summed E-state index contributed by atoms with van der Waals surface area (Å²) >= 11 is 0. The number of nitrogens with two attached hydrogens (primary N) is 1. The Kier molecular flexibility index (Phi) is 2.55.